The van der Waals surface area contributed by atoms with Crippen molar-refractivity contribution in [3.8, 4) is 0 Å². The first-order chi connectivity index (χ1) is 10.7. The normalized spacial score (nSPS) is 10.6. The SMILES string of the molecule is CC(=O)Nc1cccc(C(=O)OCC(=O)N(C(C)C)C(C)C)c1. The fourth-order valence-corrected chi connectivity index (χ4v) is 2.38. The van der Waals surface area contributed by atoms with E-state index in [4.69, 9.17) is 4.74 Å². The molecule has 0 aromatic heterocycles. The van der Waals surface area contributed by atoms with Gasteiger partial charge in [-0.1, -0.05) is 6.07 Å². The highest BCUT2D eigenvalue weighted by Gasteiger charge is 2.21. The average Bonchev–Trinajstić information content (AvgIpc) is 2.43. The number of nitrogens with one attached hydrogen (secondary N) is 1. The molecule has 126 valence electrons. The summed E-state index contributed by atoms with van der Waals surface area (Å²) in [4.78, 5) is 36.9. The van der Waals surface area contributed by atoms with Crippen molar-refractivity contribution >= 4 is 23.5 Å². The number of esters is 1. The van der Waals surface area contributed by atoms with Gasteiger partial charge in [0.2, 0.25) is 5.91 Å². The van der Waals surface area contributed by atoms with Crippen LogP contribution in [0.4, 0.5) is 5.69 Å². The summed E-state index contributed by atoms with van der Waals surface area (Å²) in [5, 5.41) is 2.59. The molecule has 6 nitrogen and oxygen atoms in total. The van der Waals surface area contributed by atoms with E-state index < -0.39 is 5.97 Å². The number of carbonyl (C=O) groups excluding carboxylic acids is 3. The van der Waals surface area contributed by atoms with Crippen LogP contribution in [0.5, 0.6) is 0 Å². The van der Waals surface area contributed by atoms with Crippen LogP contribution >= 0.6 is 0 Å². The van der Waals surface area contributed by atoms with Gasteiger partial charge in [-0.25, -0.2) is 4.79 Å². The predicted molar refractivity (Wildman–Crippen MR) is 88.1 cm³/mol. The Labute approximate surface area is 136 Å². The Kier molecular flexibility index (Phi) is 6.75. The summed E-state index contributed by atoms with van der Waals surface area (Å²) in [7, 11) is 0. The van der Waals surface area contributed by atoms with Gasteiger partial charge in [0.25, 0.3) is 5.91 Å². The van der Waals surface area contributed by atoms with Gasteiger partial charge in [0.1, 0.15) is 0 Å². The van der Waals surface area contributed by atoms with Crippen LogP contribution in [-0.4, -0.2) is 41.4 Å². The Hall–Kier alpha value is -2.37. The van der Waals surface area contributed by atoms with Gasteiger partial charge < -0.3 is 15.0 Å². The molecule has 6 heteroatoms. The van der Waals surface area contributed by atoms with E-state index in [1.807, 2.05) is 27.7 Å². The number of hydrogen-bond acceptors (Lipinski definition) is 4. The Morgan fingerprint density at radius 3 is 2.26 bits per heavy atom. The van der Waals surface area contributed by atoms with Crippen molar-refractivity contribution in [1.82, 2.24) is 4.90 Å². The van der Waals surface area contributed by atoms with Crippen LogP contribution in [0.1, 0.15) is 45.0 Å². The summed E-state index contributed by atoms with van der Waals surface area (Å²) < 4.78 is 5.09. The fraction of sp³-hybridized carbons (Fsp3) is 0.471. The Balaban J connectivity index is 2.69. The van der Waals surface area contributed by atoms with E-state index >= 15 is 0 Å². The van der Waals surface area contributed by atoms with Crippen LogP contribution in [0.25, 0.3) is 0 Å². The number of carbonyl (C=O) groups is 3. The van der Waals surface area contributed by atoms with Crippen LogP contribution in [-0.2, 0) is 14.3 Å². The Bertz CT molecular complexity index is 574. The molecule has 0 aliphatic carbocycles. The summed E-state index contributed by atoms with van der Waals surface area (Å²) in [6.07, 6.45) is 0. The molecule has 0 aliphatic rings. The quantitative estimate of drug-likeness (QED) is 0.817. The van der Waals surface area contributed by atoms with Crippen LogP contribution in [0.15, 0.2) is 24.3 Å². The van der Waals surface area contributed by atoms with Crippen molar-refractivity contribution in [1.29, 1.82) is 0 Å². The first kappa shape index (κ1) is 18.7. The largest absolute Gasteiger partial charge is 0.452 e. The van der Waals surface area contributed by atoms with E-state index in [1.165, 1.54) is 13.0 Å². The summed E-state index contributed by atoms with van der Waals surface area (Å²) in [5.74, 6) is -1.06. The van der Waals surface area contributed by atoms with Crippen molar-refractivity contribution in [2.24, 2.45) is 0 Å². The summed E-state index contributed by atoms with van der Waals surface area (Å²) >= 11 is 0. The molecule has 0 saturated carbocycles. The lowest BCUT2D eigenvalue weighted by Crippen LogP contribution is -2.44. The maximum absolute atomic E-state index is 12.2. The van der Waals surface area contributed by atoms with Crippen LogP contribution in [0.2, 0.25) is 0 Å². The smallest absolute Gasteiger partial charge is 0.338 e. The first-order valence-corrected chi connectivity index (χ1v) is 7.58. The maximum Gasteiger partial charge on any atom is 0.338 e. The van der Waals surface area contributed by atoms with Gasteiger partial charge in [0.05, 0.1) is 5.56 Å². The zero-order chi connectivity index (χ0) is 17.6. The zero-order valence-electron chi connectivity index (χ0n) is 14.3. The third-order valence-electron chi connectivity index (χ3n) is 3.15. The fourth-order valence-electron chi connectivity index (χ4n) is 2.38. The third kappa shape index (κ3) is 5.73. The molecule has 0 spiro atoms. The number of ether oxygens (including phenoxy) is 1. The second-order valence-corrected chi connectivity index (χ2v) is 5.83. The molecule has 0 fully saturated rings. The van der Waals surface area contributed by atoms with Gasteiger partial charge in [-0.2, -0.15) is 0 Å². The first-order valence-electron chi connectivity index (χ1n) is 7.58. The molecule has 1 aromatic carbocycles. The van der Waals surface area contributed by atoms with E-state index in [2.05, 4.69) is 5.32 Å². The predicted octanol–water partition coefficient (Wildman–Crippen LogP) is 2.45. The second-order valence-electron chi connectivity index (χ2n) is 5.83. The molecule has 0 saturated heterocycles. The number of benzene rings is 1. The van der Waals surface area contributed by atoms with Gasteiger partial charge in [0.15, 0.2) is 6.61 Å². The molecular formula is C17H24N2O4. The van der Waals surface area contributed by atoms with Gasteiger partial charge in [0, 0.05) is 24.7 Å². The van der Waals surface area contributed by atoms with Gasteiger partial charge in [-0.3, -0.25) is 9.59 Å². The van der Waals surface area contributed by atoms with E-state index in [0.717, 1.165) is 0 Å². The van der Waals surface area contributed by atoms with Crippen molar-refractivity contribution in [3.63, 3.8) is 0 Å². The molecule has 2 amide bonds. The van der Waals surface area contributed by atoms with Crippen LogP contribution in [0.3, 0.4) is 0 Å². The lowest BCUT2D eigenvalue weighted by atomic mass is 10.2. The molecule has 0 unspecified atom stereocenters. The number of nitrogens with zero attached hydrogens (tertiary/aromatic N) is 1. The molecule has 1 N–H and O–H groups in total. The average molecular weight is 320 g/mol. The molecule has 0 heterocycles. The Morgan fingerprint density at radius 2 is 1.74 bits per heavy atom. The number of rotatable bonds is 6. The Morgan fingerprint density at radius 1 is 1.13 bits per heavy atom. The van der Waals surface area contributed by atoms with Gasteiger partial charge in [-0.05, 0) is 45.9 Å². The highest BCUT2D eigenvalue weighted by Crippen LogP contribution is 2.12. The van der Waals surface area contributed by atoms with Crippen molar-refractivity contribution in [2.75, 3.05) is 11.9 Å². The third-order valence-corrected chi connectivity index (χ3v) is 3.15. The summed E-state index contributed by atoms with van der Waals surface area (Å²) in [6.45, 7) is 8.73. The standard InChI is InChI=1S/C17H24N2O4/c1-11(2)19(12(3)4)16(21)10-23-17(22)14-7-6-8-15(9-14)18-13(5)20/h6-9,11-12H,10H2,1-5H3,(H,18,20). The minimum absolute atomic E-state index is 0.0318. The highest BCUT2D eigenvalue weighted by molar-refractivity contribution is 5.94. The van der Waals surface area contributed by atoms with E-state index in [0.29, 0.717) is 5.69 Å². The maximum atomic E-state index is 12.2. The zero-order valence-corrected chi connectivity index (χ0v) is 14.3. The second kappa shape index (κ2) is 8.31. The van der Waals surface area contributed by atoms with Gasteiger partial charge in [-0.15, -0.1) is 0 Å². The molecule has 0 aliphatic heterocycles. The monoisotopic (exact) mass is 320 g/mol. The van der Waals surface area contributed by atoms with E-state index in [-0.39, 0.29) is 36.1 Å². The molecular weight excluding hydrogens is 296 g/mol. The van der Waals surface area contributed by atoms with E-state index in [1.54, 1.807) is 23.1 Å². The van der Waals surface area contributed by atoms with Crippen molar-refractivity contribution < 1.29 is 19.1 Å². The highest BCUT2D eigenvalue weighted by atomic mass is 16.5. The molecule has 23 heavy (non-hydrogen) atoms. The molecule has 1 aromatic rings. The molecule has 0 radical (unpaired) electrons. The molecule has 0 atom stereocenters. The summed E-state index contributed by atoms with van der Waals surface area (Å²) in [6, 6.07) is 6.45. The number of amides is 2. The van der Waals surface area contributed by atoms with Gasteiger partial charge >= 0.3 is 5.97 Å². The van der Waals surface area contributed by atoms with Crippen LogP contribution < -0.4 is 5.32 Å². The van der Waals surface area contributed by atoms with Crippen molar-refractivity contribution in [3.05, 3.63) is 29.8 Å². The minimum Gasteiger partial charge on any atom is -0.452 e. The molecule has 0 bridgehead atoms. The lowest BCUT2D eigenvalue weighted by Gasteiger charge is -2.30. The lowest BCUT2D eigenvalue weighted by molar-refractivity contribution is -0.138. The topological polar surface area (TPSA) is 75.7 Å². The minimum atomic E-state index is -0.599. The van der Waals surface area contributed by atoms with E-state index in [9.17, 15) is 14.4 Å². The van der Waals surface area contributed by atoms with Crippen LogP contribution in [0, 0.1) is 0 Å². The number of hydrogen-bond donors (Lipinski definition) is 1. The summed E-state index contributed by atoms with van der Waals surface area (Å²) in [5.41, 5.74) is 0.786. The number of anilines is 1. The van der Waals surface area contributed by atoms with Crippen molar-refractivity contribution in [2.45, 2.75) is 46.7 Å². The molecule has 1 rings (SSSR count).